The van der Waals surface area contributed by atoms with Crippen molar-refractivity contribution in [2.45, 2.75) is 0 Å². The van der Waals surface area contributed by atoms with Crippen molar-refractivity contribution in [3.05, 3.63) is 66.1 Å². The lowest BCUT2D eigenvalue weighted by molar-refractivity contribution is 0.0600. The van der Waals surface area contributed by atoms with Crippen molar-refractivity contribution in [2.75, 3.05) is 12.4 Å². The molecule has 0 aliphatic rings. The highest BCUT2D eigenvalue weighted by atomic mass is 16.5. The van der Waals surface area contributed by atoms with Crippen molar-refractivity contribution in [2.24, 2.45) is 0 Å². The van der Waals surface area contributed by atoms with Crippen LogP contribution in [0.5, 0.6) is 0 Å². The van der Waals surface area contributed by atoms with Gasteiger partial charge >= 0.3 is 5.97 Å². The number of esters is 1. The van der Waals surface area contributed by atoms with Crippen LogP contribution >= 0.6 is 0 Å². The Labute approximate surface area is 126 Å². The molecule has 0 fully saturated rings. The number of ether oxygens (including phenoxy) is 1. The number of hydrogen-bond donors (Lipinski definition) is 1. The summed E-state index contributed by atoms with van der Waals surface area (Å²) in [6.07, 6.45) is 5.23. The summed E-state index contributed by atoms with van der Waals surface area (Å²) in [7, 11) is 1.32. The predicted octanol–water partition coefficient (Wildman–Crippen LogP) is 2.37. The van der Waals surface area contributed by atoms with Crippen LogP contribution < -0.4 is 5.32 Å². The molecule has 0 saturated carbocycles. The van der Waals surface area contributed by atoms with Crippen LogP contribution in [0.15, 0.2) is 55.0 Å². The molecular formula is C16H13N3O3. The fourth-order valence-electron chi connectivity index (χ4n) is 2.13. The minimum Gasteiger partial charge on any atom is -0.465 e. The molecule has 6 nitrogen and oxygen atoms in total. The normalized spacial score (nSPS) is 10.4. The van der Waals surface area contributed by atoms with E-state index in [1.165, 1.54) is 7.11 Å². The number of carbonyl (C=O) groups is 2. The van der Waals surface area contributed by atoms with E-state index in [9.17, 15) is 9.59 Å². The van der Waals surface area contributed by atoms with Gasteiger partial charge in [0, 0.05) is 24.3 Å². The minimum absolute atomic E-state index is 0.261. The first-order valence-corrected chi connectivity index (χ1v) is 6.60. The third kappa shape index (κ3) is 2.54. The maximum absolute atomic E-state index is 12.3. The Kier molecular flexibility index (Phi) is 3.57. The number of methoxy groups -OCH3 is 1. The lowest BCUT2D eigenvalue weighted by atomic mass is 10.2. The highest BCUT2D eigenvalue weighted by molar-refractivity contribution is 6.08. The van der Waals surface area contributed by atoms with Crippen molar-refractivity contribution < 1.29 is 14.3 Å². The van der Waals surface area contributed by atoms with Crippen molar-refractivity contribution in [1.82, 2.24) is 9.38 Å². The fraction of sp³-hybridized carbons (Fsp3) is 0.0625. The van der Waals surface area contributed by atoms with E-state index < -0.39 is 5.97 Å². The average Bonchev–Trinajstić information content (AvgIpc) is 3.03. The van der Waals surface area contributed by atoms with Crippen LogP contribution in [0.25, 0.3) is 5.65 Å². The molecule has 0 bridgehead atoms. The Bertz CT molecular complexity index is 837. The molecule has 0 aliphatic carbocycles. The number of benzene rings is 1. The zero-order valence-electron chi connectivity index (χ0n) is 11.8. The third-order valence-corrected chi connectivity index (χ3v) is 3.23. The van der Waals surface area contributed by atoms with Gasteiger partial charge in [0.15, 0.2) is 0 Å². The van der Waals surface area contributed by atoms with Gasteiger partial charge in [0.25, 0.3) is 5.91 Å². The number of amides is 1. The van der Waals surface area contributed by atoms with Gasteiger partial charge in [-0.25, -0.2) is 9.78 Å². The molecule has 22 heavy (non-hydrogen) atoms. The largest absolute Gasteiger partial charge is 0.465 e. The average molecular weight is 295 g/mol. The Morgan fingerprint density at radius 2 is 1.91 bits per heavy atom. The minimum atomic E-state index is -0.417. The number of carbonyl (C=O) groups excluding carboxylic acids is 2. The molecule has 3 aromatic rings. The number of nitrogens with one attached hydrogen (secondary N) is 1. The molecule has 0 saturated heterocycles. The van der Waals surface area contributed by atoms with E-state index in [1.54, 1.807) is 53.2 Å². The van der Waals surface area contributed by atoms with Gasteiger partial charge in [0.1, 0.15) is 5.65 Å². The Morgan fingerprint density at radius 3 is 2.64 bits per heavy atom. The monoisotopic (exact) mass is 295 g/mol. The van der Waals surface area contributed by atoms with Crippen LogP contribution in [0.2, 0.25) is 0 Å². The van der Waals surface area contributed by atoms with Crippen LogP contribution in [0, 0.1) is 0 Å². The highest BCUT2D eigenvalue weighted by Crippen LogP contribution is 2.14. The molecule has 2 heterocycles. The van der Waals surface area contributed by atoms with Gasteiger partial charge in [-0.1, -0.05) is 0 Å². The quantitative estimate of drug-likeness (QED) is 0.753. The van der Waals surface area contributed by atoms with E-state index >= 15 is 0 Å². The Hall–Kier alpha value is -3.15. The second kappa shape index (κ2) is 5.69. The van der Waals surface area contributed by atoms with Crippen molar-refractivity contribution in [3.63, 3.8) is 0 Å². The van der Waals surface area contributed by atoms with Crippen LogP contribution in [0.3, 0.4) is 0 Å². The SMILES string of the molecule is COC(=O)c1ccc(NC(=O)c2cccn3ccnc23)cc1. The molecule has 2 aromatic heterocycles. The van der Waals surface area contributed by atoms with Gasteiger partial charge in [-0.15, -0.1) is 0 Å². The molecule has 0 unspecified atom stereocenters. The molecule has 110 valence electrons. The van der Waals surface area contributed by atoms with E-state index in [1.807, 2.05) is 6.20 Å². The zero-order chi connectivity index (χ0) is 15.5. The molecule has 3 rings (SSSR count). The standard InChI is InChI=1S/C16H13N3O3/c1-22-16(21)11-4-6-12(7-5-11)18-15(20)13-3-2-9-19-10-8-17-14(13)19/h2-10H,1H3,(H,18,20). The zero-order valence-corrected chi connectivity index (χ0v) is 11.8. The van der Waals surface area contributed by atoms with Crippen LogP contribution in [0.4, 0.5) is 5.69 Å². The topological polar surface area (TPSA) is 72.7 Å². The van der Waals surface area contributed by atoms with Gasteiger partial charge in [-0.2, -0.15) is 0 Å². The number of pyridine rings is 1. The van der Waals surface area contributed by atoms with Crippen molar-refractivity contribution in [1.29, 1.82) is 0 Å². The number of anilines is 1. The number of imidazole rings is 1. The summed E-state index contributed by atoms with van der Waals surface area (Å²) in [6.45, 7) is 0. The molecule has 6 heteroatoms. The summed E-state index contributed by atoms with van der Waals surface area (Å²) in [5.41, 5.74) is 2.08. The van der Waals surface area contributed by atoms with Crippen molar-refractivity contribution in [3.8, 4) is 0 Å². The van der Waals surface area contributed by atoms with Crippen LogP contribution in [-0.2, 0) is 4.74 Å². The van der Waals surface area contributed by atoms with Crippen molar-refractivity contribution >= 4 is 23.2 Å². The number of nitrogens with zero attached hydrogens (tertiary/aromatic N) is 2. The first-order chi connectivity index (χ1) is 10.7. The van der Waals surface area contributed by atoms with E-state index in [0.29, 0.717) is 22.5 Å². The lowest BCUT2D eigenvalue weighted by Crippen LogP contribution is -2.13. The van der Waals surface area contributed by atoms with Crippen LogP contribution in [-0.4, -0.2) is 28.4 Å². The summed E-state index contributed by atoms with van der Waals surface area (Å²) < 4.78 is 6.40. The molecule has 0 aliphatic heterocycles. The summed E-state index contributed by atoms with van der Waals surface area (Å²) in [5, 5.41) is 2.78. The number of fused-ring (bicyclic) bond motifs is 1. The number of rotatable bonds is 3. The Balaban J connectivity index is 1.82. The lowest BCUT2D eigenvalue weighted by Gasteiger charge is -2.07. The third-order valence-electron chi connectivity index (χ3n) is 3.23. The first kappa shape index (κ1) is 13.8. The maximum atomic E-state index is 12.3. The van der Waals surface area contributed by atoms with Gasteiger partial charge in [0.2, 0.25) is 0 Å². The molecule has 1 aromatic carbocycles. The second-order valence-electron chi connectivity index (χ2n) is 4.60. The number of aromatic nitrogens is 2. The van der Waals surface area contributed by atoms with Crippen LogP contribution in [0.1, 0.15) is 20.7 Å². The molecule has 0 radical (unpaired) electrons. The molecule has 0 atom stereocenters. The maximum Gasteiger partial charge on any atom is 0.337 e. The number of hydrogen-bond acceptors (Lipinski definition) is 4. The fourth-order valence-corrected chi connectivity index (χ4v) is 2.13. The second-order valence-corrected chi connectivity index (χ2v) is 4.60. The molecular weight excluding hydrogens is 282 g/mol. The highest BCUT2D eigenvalue weighted by Gasteiger charge is 2.12. The molecule has 1 amide bonds. The van der Waals surface area contributed by atoms with Gasteiger partial charge in [-0.3, -0.25) is 4.79 Å². The van der Waals surface area contributed by atoms with E-state index in [-0.39, 0.29) is 5.91 Å². The summed E-state index contributed by atoms with van der Waals surface area (Å²) >= 11 is 0. The molecule has 0 spiro atoms. The first-order valence-electron chi connectivity index (χ1n) is 6.60. The molecule has 1 N–H and O–H groups in total. The van der Waals surface area contributed by atoms with E-state index in [0.717, 1.165) is 0 Å². The smallest absolute Gasteiger partial charge is 0.337 e. The predicted molar refractivity (Wildman–Crippen MR) is 80.9 cm³/mol. The van der Waals surface area contributed by atoms with E-state index in [4.69, 9.17) is 0 Å². The summed E-state index contributed by atoms with van der Waals surface area (Å²) in [5.74, 6) is -0.678. The van der Waals surface area contributed by atoms with Gasteiger partial charge < -0.3 is 14.5 Å². The summed E-state index contributed by atoms with van der Waals surface area (Å²) in [6, 6.07) is 9.98. The Morgan fingerprint density at radius 1 is 1.14 bits per heavy atom. The van der Waals surface area contributed by atoms with E-state index in [2.05, 4.69) is 15.0 Å². The summed E-state index contributed by atoms with van der Waals surface area (Å²) in [4.78, 5) is 27.9. The van der Waals surface area contributed by atoms with Gasteiger partial charge in [-0.05, 0) is 36.4 Å². The van der Waals surface area contributed by atoms with Gasteiger partial charge in [0.05, 0.1) is 18.2 Å².